The Morgan fingerprint density at radius 2 is 1.00 bits per heavy atom. The fraction of sp³-hybridized carbons (Fsp3) is 0.0769. The summed E-state index contributed by atoms with van der Waals surface area (Å²) in [5.41, 5.74) is 12.6. The van der Waals surface area contributed by atoms with Crippen molar-refractivity contribution in [1.29, 1.82) is 0 Å². The van der Waals surface area contributed by atoms with Crippen LogP contribution in [0.5, 0.6) is 23.0 Å². The molecule has 4 rings (SSSR count). The number of nitro groups is 2. The number of nitrogens with zero attached hydrogens (tertiary/aromatic N) is 2. The van der Waals surface area contributed by atoms with Crippen LogP contribution >= 0.6 is 0 Å². The van der Waals surface area contributed by atoms with Gasteiger partial charge in [-0.1, -0.05) is 24.3 Å². The van der Waals surface area contributed by atoms with E-state index in [9.17, 15) is 20.2 Å². The van der Waals surface area contributed by atoms with Crippen molar-refractivity contribution in [3.63, 3.8) is 0 Å². The zero-order valence-corrected chi connectivity index (χ0v) is 19.9. The van der Waals surface area contributed by atoms with Crippen molar-refractivity contribution in [1.82, 2.24) is 0 Å². The van der Waals surface area contributed by atoms with E-state index in [1.807, 2.05) is 0 Å². The van der Waals surface area contributed by atoms with Gasteiger partial charge in [-0.3, -0.25) is 20.2 Å². The Hall–Kier alpha value is -5.20. The first-order chi connectivity index (χ1) is 18.2. The highest BCUT2D eigenvalue weighted by molar-refractivity contribution is 5.65. The number of hydrogen-bond acceptors (Lipinski definition) is 10. The highest BCUT2D eigenvalue weighted by atomic mass is 16.6. The maximum Gasteiger partial charge on any atom is 0.349 e. The minimum Gasteiger partial charge on any atom is -0.457 e. The Labute approximate surface area is 216 Å². The van der Waals surface area contributed by atoms with Crippen LogP contribution < -0.4 is 20.9 Å². The van der Waals surface area contributed by atoms with Crippen LogP contribution in [0.25, 0.3) is 0 Å². The first-order valence-corrected chi connectivity index (χ1v) is 11.0. The first kappa shape index (κ1) is 27.4. The van der Waals surface area contributed by atoms with Crippen LogP contribution in [0.4, 0.5) is 22.7 Å². The number of rotatable bonds is 8. The summed E-state index contributed by atoms with van der Waals surface area (Å²) >= 11 is 0. The molecular formula is C26H24N4O8. The summed E-state index contributed by atoms with van der Waals surface area (Å²) in [5, 5.41) is 39.4. The van der Waals surface area contributed by atoms with Gasteiger partial charge in [0.15, 0.2) is 0 Å². The molecule has 0 aromatic heterocycles. The average Bonchev–Trinajstić information content (AvgIpc) is 2.92. The average molecular weight is 520 g/mol. The third kappa shape index (κ3) is 7.40. The van der Waals surface area contributed by atoms with Gasteiger partial charge in [0, 0.05) is 12.1 Å². The Kier molecular flexibility index (Phi) is 9.13. The van der Waals surface area contributed by atoms with Gasteiger partial charge in [-0.05, 0) is 53.6 Å². The van der Waals surface area contributed by atoms with Crippen LogP contribution in [-0.2, 0) is 13.2 Å². The van der Waals surface area contributed by atoms with Gasteiger partial charge < -0.3 is 31.2 Å². The summed E-state index contributed by atoms with van der Waals surface area (Å²) in [4.78, 5) is 19.9. The third-order valence-corrected chi connectivity index (χ3v) is 5.08. The molecule has 6 N–H and O–H groups in total. The van der Waals surface area contributed by atoms with E-state index in [0.717, 1.165) is 17.7 Å². The summed E-state index contributed by atoms with van der Waals surface area (Å²) in [6.07, 6.45) is 0. The van der Waals surface area contributed by atoms with Gasteiger partial charge in [-0.2, -0.15) is 0 Å². The SMILES string of the molecule is Nc1ccc(Oc2ccc(CO)cc2)cc1N.O=[N+]([O-])c1ccc(Oc2ccc(CO)cc2)cc1[N+](=O)[O-]. The Morgan fingerprint density at radius 1 is 0.579 bits per heavy atom. The molecule has 12 heteroatoms. The van der Waals surface area contributed by atoms with Crippen molar-refractivity contribution in [3.05, 3.63) is 116 Å². The maximum atomic E-state index is 10.8. The molecule has 0 saturated carbocycles. The summed E-state index contributed by atoms with van der Waals surface area (Å²) in [7, 11) is 0. The van der Waals surface area contributed by atoms with Crippen LogP contribution in [0.1, 0.15) is 11.1 Å². The maximum absolute atomic E-state index is 10.8. The van der Waals surface area contributed by atoms with E-state index in [1.165, 1.54) is 6.07 Å². The molecule has 4 aromatic carbocycles. The van der Waals surface area contributed by atoms with Gasteiger partial charge in [0.1, 0.15) is 23.0 Å². The lowest BCUT2D eigenvalue weighted by atomic mass is 10.2. The zero-order valence-electron chi connectivity index (χ0n) is 19.9. The molecule has 0 atom stereocenters. The topological polar surface area (TPSA) is 197 Å². The number of hydrogen-bond donors (Lipinski definition) is 4. The van der Waals surface area contributed by atoms with Crippen molar-refractivity contribution < 1.29 is 29.5 Å². The molecule has 12 nitrogen and oxygen atoms in total. The Morgan fingerprint density at radius 3 is 1.42 bits per heavy atom. The largest absolute Gasteiger partial charge is 0.457 e. The molecule has 196 valence electrons. The normalized spacial score (nSPS) is 10.2. The smallest absolute Gasteiger partial charge is 0.349 e. The molecular weight excluding hydrogens is 496 g/mol. The van der Waals surface area contributed by atoms with Crippen molar-refractivity contribution in [2.24, 2.45) is 0 Å². The summed E-state index contributed by atoms with van der Waals surface area (Å²) in [6.45, 7) is -0.0849. The molecule has 0 bridgehead atoms. The van der Waals surface area contributed by atoms with Gasteiger partial charge in [-0.15, -0.1) is 0 Å². The van der Waals surface area contributed by atoms with E-state index in [-0.39, 0.29) is 19.0 Å². The molecule has 38 heavy (non-hydrogen) atoms. The van der Waals surface area contributed by atoms with Crippen LogP contribution in [0, 0.1) is 20.2 Å². The number of nitro benzene ring substituents is 2. The van der Waals surface area contributed by atoms with E-state index < -0.39 is 21.2 Å². The fourth-order valence-electron chi connectivity index (χ4n) is 3.08. The number of anilines is 2. The Balaban J connectivity index is 0.000000215. The van der Waals surface area contributed by atoms with E-state index in [0.29, 0.717) is 34.2 Å². The molecule has 0 spiro atoms. The predicted octanol–water partition coefficient (Wildman–Crippen LogP) is 4.92. The second-order valence-corrected chi connectivity index (χ2v) is 7.76. The molecule has 0 saturated heterocycles. The number of aliphatic hydroxyl groups is 2. The molecule has 0 fully saturated rings. The van der Waals surface area contributed by atoms with E-state index in [2.05, 4.69) is 0 Å². The number of benzene rings is 4. The minimum atomic E-state index is -0.833. The molecule has 0 aliphatic rings. The van der Waals surface area contributed by atoms with Crippen LogP contribution in [0.3, 0.4) is 0 Å². The van der Waals surface area contributed by atoms with Gasteiger partial charge in [0.2, 0.25) is 0 Å². The van der Waals surface area contributed by atoms with Crippen molar-refractivity contribution in [3.8, 4) is 23.0 Å². The molecule has 4 aromatic rings. The van der Waals surface area contributed by atoms with E-state index >= 15 is 0 Å². The molecule has 0 unspecified atom stereocenters. The lowest BCUT2D eigenvalue weighted by Crippen LogP contribution is -1.97. The van der Waals surface area contributed by atoms with E-state index in [1.54, 1.807) is 66.7 Å². The van der Waals surface area contributed by atoms with Crippen molar-refractivity contribution in [2.75, 3.05) is 11.5 Å². The predicted molar refractivity (Wildman–Crippen MR) is 140 cm³/mol. The standard InChI is InChI=1S/C13H10N2O6.C13H14N2O2/c16-8-9-1-3-10(4-2-9)21-11-5-6-12(14(17)18)13(7-11)15(19)20;14-12-6-5-11(7-13(12)15)17-10-3-1-9(8-16)2-4-10/h1-7,16H,8H2;1-7,16H,8,14-15H2. The molecule has 0 radical (unpaired) electrons. The summed E-state index contributed by atoms with van der Waals surface area (Å²) in [6, 6.07) is 22.1. The van der Waals surface area contributed by atoms with Crippen LogP contribution in [-0.4, -0.2) is 20.1 Å². The summed E-state index contributed by atoms with van der Waals surface area (Å²) < 4.78 is 11.0. The third-order valence-electron chi connectivity index (χ3n) is 5.08. The number of ether oxygens (including phenoxy) is 2. The van der Waals surface area contributed by atoms with Gasteiger partial charge >= 0.3 is 11.4 Å². The van der Waals surface area contributed by atoms with E-state index in [4.69, 9.17) is 31.2 Å². The quantitative estimate of drug-likeness (QED) is 0.140. The van der Waals surface area contributed by atoms with Crippen molar-refractivity contribution in [2.45, 2.75) is 13.2 Å². The lowest BCUT2D eigenvalue weighted by molar-refractivity contribution is -0.422. The molecule has 0 aliphatic carbocycles. The highest BCUT2D eigenvalue weighted by Gasteiger charge is 2.24. The van der Waals surface area contributed by atoms with Gasteiger partial charge in [0.25, 0.3) is 0 Å². The van der Waals surface area contributed by atoms with Crippen LogP contribution in [0.15, 0.2) is 84.9 Å². The second-order valence-electron chi connectivity index (χ2n) is 7.76. The molecule has 0 amide bonds. The number of nitrogen functional groups attached to an aromatic ring is 2. The molecule has 0 aliphatic heterocycles. The minimum absolute atomic E-state index is 0.0229. The van der Waals surface area contributed by atoms with Gasteiger partial charge in [0.05, 0.1) is 40.5 Å². The van der Waals surface area contributed by atoms with Gasteiger partial charge in [-0.25, -0.2) is 0 Å². The lowest BCUT2D eigenvalue weighted by Gasteiger charge is -2.08. The monoisotopic (exact) mass is 520 g/mol. The number of nitrogens with two attached hydrogens (primary N) is 2. The summed E-state index contributed by atoms with van der Waals surface area (Å²) in [5.74, 6) is 1.83. The zero-order chi connectivity index (χ0) is 27.7. The van der Waals surface area contributed by atoms with Crippen molar-refractivity contribution >= 4 is 22.7 Å². The van der Waals surface area contributed by atoms with Crippen LogP contribution in [0.2, 0.25) is 0 Å². The highest BCUT2D eigenvalue weighted by Crippen LogP contribution is 2.33. The Bertz CT molecular complexity index is 1410. The first-order valence-electron chi connectivity index (χ1n) is 11.0. The fourth-order valence-corrected chi connectivity index (χ4v) is 3.08. The molecule has 0 heterocycles. The number of aliphatic hydroxyl groups excluding tert-OH is 2. The second kappa shape index (κ2) is 12.7.